The summed E-state index contributed by atoms with van der Waals surface area (Å²) in [6, 6.07) is 6.62. The van der Waals surface area contributed by atoms with Crippen LogP contribution in [0.25, 0.3) is 0 Å². The predicted molar refractivity (Wildman–Crippen MR) is 80.3 cm³/mol. The first-order valence-electron chi connectivity index (χ1n) is 6.75. The molecular weight excluding hydrogens is 276 g/mol. The van der Waals surface area contributed by atoms with Crippen molar-refractivity contribution in [3.8, 4) is 0 Å². The van der Waals surface area contributed by atoms with Gasteiger partial charge >= 0.3 is 0 Å². The molecule has 1 unspecified atom stereocenters. The van der Waals surface area contributed by atoms with E-state index in [0.717, 1.165) is 12.5 Å². The van der Waals surface area contributed by atoms with E-state index in [4.69, 9.17) is 0 Å². The summed E-state index contributed by atoms with van der Waals surface area (Å²) in [5, 5.41) is 3.13. The number of aryl methyl sites for hydroxylation is 2. The van der Waals surface area contributed by atoms with Crippen molar-refractivity contribution in [1.82, 2.24) is 5.32 Å². The molecule has 0 saturated carbocycles. The second kappa shape index (κ2) is 6.46. The SMILES string of the molecule is CCc1ccc(CC(NC)c2cc(C)c(F)cc2F)s1. The van der Waals surface area contributed by atoms with Crippen LogP contribution in [-0.2, 0) is 12.8 Å². The Labute approximate surface area is 122 Å². The minimum absolute atomic E-state index is 0.141. The predicted octanol–water partition coefficient (Wildman–Crippen LogP) is 4.40. The van der Waals surface area contributed by atoms with Crippen LogP contribution in [0.4, 0.5) is 8.78 Å². The molecule has 108 valence electrons. The highest BCUT2D eigenvalue weighted by atomic mass is 32.1. The van der Waals surface area contributed by atoms with E-state index in [2.05, 4.69) is 24.4 Å². The topological polar surface area (TPSA) is 12.0 Å². The second-order valence-corrected chi connectivity index (χ2v) is 6.14. The van der Waals surface area contributed by atoms with E-state index >= 15 is 0 Å². The zero-order valence-corrected chi connectivity index (χ0v) is 12.8. The molecule has 1 nitrogen and oxygen atoms in total. The third kappa shape index (κ3) is 3.25. The summed E-state index contributed by atoms with van der Waals surface area (Å²) in [5.74, 6) is -0.981. The highest BCUT2D eigenvalue weighted by Crippen LogP contribution is 2.27. The van der Waals surface area contributed by atoms with Gasteiger partial charge in [0.25, 0.3) is 0 Å². The van der Waals surface area contributed by atoms with E-state index in [1.54, 1.807) is 31.4 Å². The van der Waals surface area contributed by atoms with Crippen molar-refractivity contribution >= 4 is 11.3 Å². The van der Waals surface area contributed by atoms with Crippen LogP contribution in [0.5, 0.6) is 0 Å². The van der Waals surface area contributed by atoms with Crippen LogP contribution in [0.1, 0.15) is 33.8 Å². The maximum Gasteiger partial charge on any atom is 0.130 e. The van der Waals surface area contributed by atoms with Crippen molar-refractivity contribution in [1.29, 1.82) is 0 Å². The van der Waals surface area contributed by atoms with E-state index in [0.29, 0.717) is 17.5 Å². The Balaban J connectivity index is 2.26. The van der Waals surface area contributed by atoms with Crippen LogP contribution in [0.2, 0.25) is 0 Å². The number of likely N-dealkylation sites (N-methyl/N-ethyl adjacent to an activating group) is 1. The van der Waals surface area contributed by atoms with Gasteiger partial charge in [-0.15, -0.1) is 11.3 Å². The van der Waals surface area contributed by atoms with Gasteiger partial charge in [-0.1, -0.05) is 6.92 Å². The molecule has 0 aliphatic heterocycles. The third-order valence-electron chi connectivity index (χ3n) is 3.47. The van der Waals surface area contributed by atoms with Gasteiger partial charge in [-0.3, -0.25) is 0 Å². The molecule has 1 aromatic heterocycles. The summed E-state index contributed by atoms with van der Waals surface area (Å²) >= 11 is 1.75. The number of benzene rings is 1. The van der Waals surface area contributed by atoms with E-state index in [1.165, 1.54) is 9.75 Å². The Morgan fingerprint density at radius 1 is 1.15 bits per heavy atom. The molecule has 4 heteroatoms. The molecule has 20 heavy (non-hydrogen) atoms. The van der Waals surface area contributed by atoms with Gasteiger partial charge in [0.2, 0.25) is 0 Å². The molecule has 0 fully saturated rings. The number of thiophene rings is 1. The molecule has 1 N–H and O–H groups in total. The number of hydrogen-bond acceptors (Lipinski definition) is 2. The fourth-order valence-electron chi connectivity index (χ4n) is 2.24. The van der Waals surface area contributed by atoms with Crippen LogP contribution in [-0.4, -0.2) is 7.05 Å². The van der Waals surface area contributed by atoms with Crippen LogP contribution >= 0.6 is 11.3 Å². The Morgan fingerprint density at radius 2 is 1.85 bits per heavy atom. The highest BCUT2D eigenvalue weighted by molar-refractivity contribution is 7.11. The molecular formula is C16H19F2NS. The number of halogens is 2. The van der Waals surface area contributed by atoms with Crippen LogP contribution < -0.4 is 5.32 Å². The van der Waals surface area contributed by atoms with Gasteiger partial charge in [-0.05, 0) is 44.2 Å². The largest absolute Gasteiger partial charge is 0.313 e. The standard InChI is InChI=1S/C16H19F2NS/c1-4-11-5-6-12(20-11)8-16(19-3)13-7-10(2)14(17)9-15(13)18/h5-7,9,16,19H,4,8H2,1-3H3. The summed E-state index contributed by atoms with van der Waals surface area (Å²) < 4.78 is 27.3. The first kappa shape index (κ1) is 15.1. The van der Waals surface area contributed by atoms with Gasteiger partial charge in [0.1, 0.15) is 11.6 Å². The fraction of sp³-hybridized carbons (Fsp3) is 0.375. The van der Waals surface area contributed by atoms with Crippen molar-refractivity contribution in [2.45, 2.75) is 32.7 Å². The van der Waals surface area contributed by atoms with Crippen LogP contribution in [0.15, 0.2) is 24.3 Å². The molecule has 0 spiro atoms. The minimum Gasteiger partial charge on any atom is -0.313 e. The molecule has 1 heterocycles. The maximum absolute atomic E-state index is 14.0. The molecule has 0 amide bonds. The number of rotatable bonds is 5. The summed E-state index contributed by atoms with van der Waals surface area (Å²) in [7, 11) is 1.80. The quantitative estimate of drug-likeness (QED) is 0.862. The van der Waals surface area contributed by atoms with Gasteiger partial charge in [-0.2, -0.15) is 0 Å². The van der Waals surface area contributed by atoms with Crippen molar-refractivity contribution < 1.29 is 8.78 Å². The zero-order chi connectivity index (χ0) is 14.7. The molecule has 1 atom stereocenters. The lowest BCUT2D eigenvalue weighted by Gasteiger charge is -2.17. The lowest BCUT2D eigenvalue weighted by atomic mass is 10.00. The molecule has 2 aromatic rings. The smallest absolute Gasteiger partial charge is 0.130 e. The van der Waals surface area contributed by atoms with Gasteiger partial charge < -0.3 is 5.32 Å². The van der Waals surface area contributed by atoms with Crippen molar-refractivity contribution in [2.75, 3.05) is 7.05 Å². The molecule has 1 aromatic carbocycles. The normalized spacial score (nSPS) is 12.7. The van der Waals surface area contributed by atoms with E-state index in [9.17, 15) is 8.78 Å². The van der Waals surface area contributed by atoms with E-state index < -0.39 is 11.6 Å². The lowest BCUT2D eigenvalue weighted by Crippen LogP contribution is -2.20. The van der Waals surface area contributed by atoms with Gasteiger partial charge in [0.15, 0.2) is 0 Å². The van der Waals surface area contributed by atoms with Crippen molar-refractivity contribution in [2.24, 2.45) is 0 Å². The van der Waals surface area contributed by atoms with E-state index in [-0.39, 0.29) is 6.04 Å². The first-order valence-corrected chi connectivity index (χ1v) is 7.57. The minimum atomic E-state index is -0.495. The average Bonchev–Trinajstić information content (AvgIpc) is 2.88. The van der Waals surface area contributed by atoms with E-state index in [1.807, 2.05) is 0 Å². The lowest BCUT2D eigenvalue weighted by molar-refractivity contribution is 0.521. The third-order valence-corrected chi connectivity index (χ3v) is 4.72. The average molecular weight is 295 g/mol. The Bertz CT molecular complexity index is 592. The Hall–Kier alpha value is -1.26. The Morgan fingerprint density at radius 3 is 2.45 bits per heavy atom. The molecule has 0 bridgehead atoms. The highest BCUT2D eigenvalue weighted by Gasteiger charge is 2.17. The summed E-state index contributed by atoms with van der Waals surface area (Å²) in [6.45, 7) is 3.78. The summed E-state index contributed by atoms with van der Waals surface area (Å²) in [5.41, 5.74) is 1.000. The zero-order valence-electron chi connectivity index (χ0n) is 12.0. The molecule has 0 saturated heterocycles. The van der Waals surface area contributed by atoms with Gasteiger partial charge in [0, 0.05) is 33.8 Å². The van der Waals surface area contributed by atoms with Gasteiger partial charge in [-0.25, -0.2) is 8.78 Å². The summed E-state index contributed by atoms with van der Waals surface area (Å²) in [6.07, 6.45) is 1.72. The monoisotopic (exact) mass is 295 g/mol. The van der Waals surface area contributed by atoms with Crippen molar-refractivity contribution in [3.63, 3.8) is 0 Å². The molecule has 0 aliphatic rings. The Kier molecular flexibility index (Phi) is 4.89. The fourth-order valence-corrected chi connectivity index (χ4v) is 3.24. The first-order chi connectivity index (χ1) is 9.55. The summed E-state index contributed by atoms with van der Waals surface area (Å²) in [4.78, 5) is 2.54. The number of nitrogens with one attached hydrogen (secondary N) is 1. The molecule has 0 radical (unpaired) electrons. The number of hydrogen-bond donors (Lipinski definition) is 1. The van der Waals surface area contributed by atoms with Crippen molar-refractivity contribution in [3.05, 3.63) is 56.8 Å². The van der Waals surface area contributed by atoms with Crippen LogP contribution in [0.3, 0.4) is 0 Å². The molecule has 2 rings (SSSR count). The van der Waals surface area contributed by atoms with Crippen LogP contribution in [0, 0.1) is 18.6 Å². The van der Waals surface area contributed by atoms with Gasteiger partial charge in [0.05, 0.1) is 0 Å². The second-order valence-electron chi connectivity index (χ2n) is 4.89. The molecule has 0 aliphatic carbocycles. The maximum atomic E-state index is 14.0.